The van der Waals surface area contributed by atoms with Gasteiger partial charge in [0.2, 0.25) is 5.91 Å². The van der Waals surface area contributed by atoms with Gasteiger partial charge in [-0.2, -0.15) is 5.11 Å². The molecule has 0 spiro atoms. The molecular weight excluding hydrogens is 516 g/mol. The molecule has 4 N–H and O–H groups in total. The Morgan fingerprint density at radius 3 is 2.20 bits per heavy atom. The lowest BCUT2D eigenvalue weighted by molar-refractivity contribution is -0.114. The van der Waals surface area contributed by atoms with Gasteiger partial charge in [0.25, 0.3) is 0 Å². The van der Waals surface area contributed by atoms with Crippen molar-refractivity contribution < 1.29 is 15.0 Å². The molecular formula is C32H28N6O3. The average Bonchev–Trinajstić information content (AvgIpc) is 2.94. The normalized spacial score (nSPS) is 11.4. The zero-order valence-corrected chi connectivity index (χ0v) is 22.8. The second kappa shape index (κ2) is 11.7. The predicted octanol–water partition coefficient (Wildman–Crippen LogP) is 9.40. The number of benzene rings is 5. The zero-order valence-electron chi connectivity index (χ0n) is 22.8. The van der Waals surface area contributed by atoms with E-state index in [1.807, 2.05) is 92.7 Å². The lowest BCUT2D eigenvalue weighted by Crippen LogP contribution is -2.05. The monoisotopic (exact) mass is 544 g/mol. The highest BCUT2D eigenvalue weighted by Gasteiger charge is 2.14. The molecule has 0 radical (unpaired) electrons. The zero-order chi connectivity index (χ0) is 28.9. The minimum absolute atomic E-state index is 0.0277. The van der Waals surface area contributed by atoms with Crippen LogP contribution in [0.5, 0.6) is 11.5 Å². The molecule has 0 fully saturated rings. The van der Waals surface area contributed by atoms with Gasteiger partial charge in [0.05, 0.1) is 11.4 Å². The van der Waals surface area contributed by atoms with Gasteiger partial charge in [-0.25, -0.2) is 0 Å². The van der Waals surface area contributed by atoms with Crippen molar-refractivity contribution in [2.24, 2.45) is 20.5 Å². The summed E-state index contributed by atoms with van der Waals surface area (Å²) in [7, 11) is 0. The molecule has 0 saturated heterocycles. The third-order valence-corrected chi connectivity index (χ3v) is 6.31. The SMILES string of the molecule is CC(=O)Nc1cc(N=Nc2c(C)cc3cc(Nc4ccccc4)ccc3c2O)c(O)cc1N=Nc1ccc(C)cc1. The minimum atomic E-state index is -0.325. The Kier molecular flexibility index (Phi) is 7.69. The van der Waals surface area contributed by atoms with Crippen molar-refractivity contribution in [1.82, 2.24) is 0 Å². The first-order valence-corrected chi connectivity index (χ1v) is 12.9. The van der Waals surface area contributed by atoms with Crippen molar-refractivity contribution in [3.63, 3.8) is 0 Å². The van der Waals surface area contributed by atoms with Crippen molar-refractivity contribution in [2.75, 3.05) is 10.6 Å². The third kappa shape index (κ3) is 6.36. The van der Waals surface area contributed by atoms with E-state index in [9.17, 15) is 15.0 Å². The molecule has 0 aliphatic heterocycles. The molecule has 0 aliphatic rings. The van der Waals surface area contributed by atoms with Crippen LogP contribution in [0.15, 0.2) is 111 Å². The van der Waals surface area contributed by atoms with Crippen molar-refractivity contribution in [1.29, 1.82) is 0 Å². The molecule has 0 aromatic heterocycles. The van der Waals surface area contributed by atoms with Gasteiger partial charge in [-0.05, 0) is 79.4 Å². The molecule has 0 heterocycles. The van der Waals surface area contributed by atoms with Crippen LogP contribution < -0.4 is 10.6 Å². The number of azo groups is 2. The second-order valence-electron chi connectivity index (χ2n) is 9.59. The summed E-state index contributed by atoms with van der Waals surface area (Å²) in [6.07, 6.45) is 0. The highest BCUT2D eigenvalue weighted by molar-refractivity contribution is 5.96. The lowest BCUT2D eigenvalue weighted by Gasteiger charge is -2.11. The number of phenols is 2. The standard InChI is InChI=1S/C32H28N6O3/c1-19-9-11-24(12-10-19)35-36-28-18-30(40)29(17-27(28)33-21(3)39)37-38-31-20(2)15-22-16-25(13-14-26(22)32(31)41)34-23-7-5-4-6-8-23/h4-18,34,40-41H,1-3H3,(H,33,39). The van der Waals surface area contributed by atoms with Gasteiger partial charge in [0.1, 0.15) is 22.8 Å². The Hall–Kier alpha value is -5.57. The van der Waals surface area contributed by atoms with Crippen LogP contribution in [0.4, 0.5) is 39.8 Å². The van der Waals surface area contributed by atoms with Gasteiger partial charge < -0.3 is 20.8 Å². The molecule has 0 unspecified atom stereocenters. The fourth-order valence-corrected chi connectivity index (χ4v) is 4.25. The minimum Gasteiger partial charge on any atom is -0.506 e. The number of phenolic OH excluding ortho intramolecular Hbond substituents is 2. The summed E-state index contributed by atoms with van der Waals surface area (Å²) in [5.41, 5.74) is 5.16. The Morgan fingerprint density at radius 2 is 1.46 bits per heavy atom. The number of hydrogen-bond acceptors (Lipinski definition) is 8. The van der Waals surface area contributed by atoms with Gasteiger partial charge in [0, 0.05) is 29.8 Å². The number of carbonyl (C=O) groups is 1. The number of aromatic hydroxyl groups is 2. The van der Waals surface area contributed by atoms with Gasteiger partial charge in [-0.15, -0.1) is 15.3 Å². The molecule has 0 aliphatic carbocycles. The number of carbonyl (C=O) groups excluding carboxylic acids is 1. The Labute approximate surface area is 236 Å². The van der Waals surface area contributed by atoms with Gasteiger partial charge in [-0.3, -0.25) is 4.79 Å². The van der Waals surface area contributed by atoms with Gasteiger partial charge >= 0.3 is 0 Å². The fraction of sp³-hybridized carbons (Fsp3) is 0.0938. The van der Waals surface area contributed by atoms with E-state index in [0.29, 0.717) is 22.3 Å². The highest BCUT2D eigenvalue weighted by Crippen LogP contribution is 2.42. The number of anilines is 3. The Balaban J connectivity index is 1.45. The van der Waals surface area contributed by atoms with Crippen LogP contribution in [0.2, 0.25) is 0 Å². The summed E-state index contributed by atoms with van der Waals surface area (Å²) in [5, 5.41) is 46.1. The quantitative estimate of drug-likeness (QED) is 0.120. The number of nitrogens with zero attached hydrogens (tertiary/aromatic N) is 4. The summed E-state index contributed by atoms with van der Waals surface area (Å²) < 4.78 is 0. The topological polar surface area (TPSA) is 131 Å². The first-order chi connectivity index (χ1) is 19.8. The summed E-state index contributed by atoms with van der Waals surface area (Å²) in [6.45, 7) is 5.16. The Bertz CT molecular complexity index is 1800. The summed E-state index contributed by atoms with van der Waals surface area (Å²) in [4.78, 5) is 11.9. The van der Waals surface area contributed by atoms with Gasteiger partial charge in [-0.1, -0.05) is 35.9 Å². The summed E-state index contributed by atoms with van der Waals surface area (Å²) >= 11 is 0. The van der Waals surface area contributed by atoms with Crippen molar-refractivity contribution in [3.05, 3.63) is 102 Å². The van der Waals surface area contributed by atoms with E-state index in [1.54, 1.807) is 0 Å². The molecule has 0 bridgehead atoms. The number of rotatable bonds is 7. The molecule has 1 amide bonds. The number of fused-ring (bicyclic) bond motifs is 1. The van der Waals surface area contributed by atoms with E-state index in [0.717, 1.165) is 22.3 Å². The summed E-state index contributed by atoms with van der Waals surface area (Å²) in [5.74, 6) is -0.565. The molecule has 41 heavy (non-hydrogen) atoms. The third-order valence-electron chi connectivity index (χ3n) is 6.31. The molecule has 0 atom stereocenters. The number of aryl methyl sites for hydroxylation is 2. The van der Waals surface area contributed by atoms with E-state index < -0.39 is 0 Å². The van der Waals surface area contributed by atoms with Crippen molar-refractivity contribution >= 4 is 56.5 Å². The first kappa shape index (κ1) is 27.0. The number of hydrogen-bond donors (Lipinski definition) is 4. The van der Waals surface area contributed by atoms with E-state index in [4.69, 9.17) is 0 Å². The average molecular weight is 545 g/mol. The predicted molar refractivity (Wildman–Crippen MR) is 162 cm³/mol. The number of nitrogens with one attached hydrogen (secondary N) is 2. The smallest absolute Gasteiger partial charge is 0.221 e. The van der Waals surface area contributed by atoms with Crippen LogP contribution in [0.1, 0.15) is 18.1 Å². The lowest BCUT2D eigenvalue weighted by atomic mass is 10.0. The molecule has 5 aromatic carbocycles. The molecule has 204 valence electrons. The van der Waals surface area contributed by atoms with Crippen LogP contribution in [0.25, 0.3) is 10.8 Å². The van der Waals surface area contributed by atoms with Crippen LogP contribution in [-0.2, 0) is 4.79 Å². The number of para-hydroxylation sites is 1. The molecule has 0 saturated carbocycles. The highest BCUT2D eigenvalue weighted by atomic mass is 16.3. The van der Waals surface area contributed by atoms with Crippen LogP contribution in [0.3, 0.4) is 0 Å². The van der Waals surface area contributed by atoms with E-state index >= 15 is 0 Å². The van der Waals surface area contributed by atoms with Crippen LogP contribution >= 0.6 is 0 Å². The largest absolute Gasteiger partial charge is 0.506 e. The maximum absolute atomic E-state index is 11.9. The maximum atomic E-state index is 11.9. The Morgan fingerprint density at radius 1 is 0.732 bits per heavy atom. The van der Waals surface area contributed by atoms with Crippen molar-refractivity contribution in [3.8, 4) is 11.5 Å². The maximum Gasteiger partial charge on any atom is 0.221 e. The van der Waals surface area contributed by atoms with E-state index in [1.165, 1.54) is 19.1 Å². The molecule has 9 nitrogen and oxygen atoms in total. The first-order valence-electron chi connectivity index (χ1n) is 12.9. The van der Waals surface area contributed by atoms with E-state index in [2.05, 4.69) is 31.1 Å². The molecule has 5 aromatic rings. The van der Waals surface area contributed by atoms with Crippen LogP contribution in [-0.4, -0.2) is 16.1 Å². The summed E-state index contributed by atoms with van der Waals surface area (Å²) in [6, 6.07) is 27.6. The molecule has 9 heteroatoms. The fourth-order valence-electron chi connectivity index (χ4n) is 4.25. The van der Waals surface area contributed by atoms with Crippen LogP contribution in [0, 0.1) is 13.8 Å². The molecule has 5 rings (SSSR count). The van der Waals surface area contributed by atoms with Crippen molar-refractivity contribution in [2.45, 2.75) is 20.8 Å². The van der Waals surface area contributed by atoms with E-state index in [-0.39, 0.29) is 34.5 Å². The second-order valence-corrected chi connectivity index (χ2v) is 9.59. The van der Waals surface area contributed by atoms with Gasteiger partial charge in [0.15, 0.2) is 5.75 Å². The number of amides is 1.